The monoisotopic (exact) mass is 226 g/mol. The van der Waals surface area contributed by atoms with E-state index in [0.29, 0.717) is 30.3 Å². The number of nitrogen functional groups attached to an aromatic ring is 1. The molecule has 2 rings (SSSR count). The van der Waals surface area contributed by atoms with Gasteiger partial charge in [-0.25, -0.2) is 4.39 Å². The summed E-state index contributed by atoms with van der Waals surface area (Å²) in [5.41, 5.74) is 6.29. The van der Waals surface area contributed by atoms with Crippen molar-refractivity contribution in [2.45, 2.75) is 12.5 Å². The maximum Gasteiger partial charge on any atom is 0.148 e. The zero-order valence-electron chi connectivity index (χ0n) is 9.13. The normalized spacial score (nSPS) is 19.8. The molecule has 3 N–H and O–H groups in total. The maximum absolute atomic E-state index is 13.6. The predicted octanol–water partition coefficient (Wildman–Crippen LogP) is 1.62. The third-order valence-electron chi connectivity index (χ3n) is 2.61. The number of hydrogen-bond acceptors (Lipinski definition) is 4. The first-order valence-electron chi connectivity index (χ1n) is 5.18. The molecule has 0 saturated carbocycles. The lowest BCUT2D eigenvalue weighted by Gasteiger charge is -2.15. The number of benzene rings is 1. The van der Waals surface area contributed by atoms with E-state index in [9.17, 15) is 4.39 Å². The average Bonchev–Trinajstić information content (AvgIpc) is 2.75. The first kappa shape index (κ1) is 11.0. The van der Waals surface area contributed by atoms with Crippen molar-refractivity contribution in [3.05, 3.63) is 17.9 Å². The summed E-state index contributed by atoms with van der Waals surface area (Å²) in [5, 5.41) is 3.08. The Morgan fingerprint density at radius 2 is 2.38 bits per heavy atom. The van der Waals surface area contributed by atoms with E-state index in [1.165, 1.54) is 13.2 Å². The van der Waals surface area contributed by atoms with Crippen LogP contribution in [-0.4, -0.2) is 26.4 Å². The van der Waals surface area contributed by atoms with Crippen LogP contribution in [0.1, 0.15) is 6.42 Å². The molecule has 0 spiro atoms. The van der Waals surface area contributed by atoms with E-state index in [-0.39, 0.29) is 11.9 Å². The molecule has 1 aliphatic rings. The van der Waals surface area contributed by atoms with Crippen molar-refractivity contribution in [3.63, 3.8) is 0 Å². The third-order valence-corrected chi connectivity index (χ3v) is 2.61. The first-order valence-corrected chi connectivity index (χ1v) is 5.18. The van der Waals surface area contributed by atoms with Crippen molar-refractivity contribution < 1.29 is 13.9 Å². The van der Waals surface area contributed by atoms with Crippen LogP contribution in [0.4, 0.5) is 15.8 Å². The lowest BCUT2D eigenvalue weighted by Crippen LogP contribution is -2.19. The van der Waals surface area contributed by atoms with Gasteiger partial charge in [-0.15, -0.1) is 0 Å². The van der Waals surface area contributed by atoms with Gasteiger partial charge in [0.1, 0.15) is 11.6 Å². The Hall–Kier alpha value is -1.49. The molecule has 1 saturated heterocycles. The zero-order valence-corrected chi connectivity index (χ0v) is 9.13. The fraction of sp³-hybridized carbons (Fsp3) is 0.455. The molecule has 0 aliphatic carbocycles. The number of rotatable bonds is 3. The second-order valence-electron chi connectivity index (χ2n) is 3.78. The highest BCUT2D eigenvalue weighted by molar-refractivity contribution is 5.62. The SMILES string of the molecule is COc1cc(NC2CCOC2)c(F)cc1N. The minimum atomic E-state index is -0.370. The van der Waals surface area contributed by atoms with Crippen LogP contribution in [0.15, 0.2) is 12.1 Å². The van der Waals surface area contributed by atoms with Crippen LogP contribution < -0.4 is 15.8 Å². The summed E-state index contributed by atoms with van der Waals surface area (Å²) >= 11 is 0. The van der Waals surface area contributed by atoms with E-state index in [0.717, 1.165) is 6.42 Å². The molecule has 16 heavy (non-hydrogen) atoms. The summed E-state index contributed by atoms with van der Waals surface area (Å²) in [5.74, 6) is 0.105. The quantitative estimate of drug-likeness (QED) is 0.769. The molecule has 0 radical (unpaired) electrons. The maximum atomic E-state index is 13.6. The van der Waals surface area contributed by atoms with Gasteiger partial charge in [0.05, 0.1) is 31.1 Å². The molecule has 5 heteroatoms. The van der Waals surface area contributed by atoms with Crippen molar-refractivity contribution in [2.75, 3.05) is 31.4 Å². The van der Waals surface area contributed by atoms with Crippen molar-refractivity contribution in [3.8, 4) is 5.75 Å². The Balaban J connectivity index is 2.18. The minimum absolute atomic E-state index is 0.155. The van der Waals surface area contributed by atoms with Crippen molar-refractivity contribution in [2.24, 2.45) is 0 Å². The third kappa shape index (κ3) is 2.19. The summed E-state index contributed by atoms with van der Waals surface area (Å²) in [6, 6.07) is 2.99. The van der Waals surface area contributed by atoms with E-state index in [4.69, 9.17) is 15.2 Å². The van der Waals surface area contributed by atoms with Crippen LogP contribution in [-0.2, 0) is 4.74 Å². The molecule has 1 heterocycles. The van der Waals surface area contributed by atoms with Crippen molar-refractivity contribution >= 4 is 11.4 Å². The van der Waals surface area contributed by atoms with E-state index < -0.39 is 0 Å². The van der Waals surface area contributed by atoms with Crippen LogP contribution >= 0.6 is 0 Å². The van der Waals surface area contributed by atoms with Gasteiger partial charge in [-0.1, -0.05) is 0 Å². The van der Waals surface area contributed by atoms with Gasteiger partial charge in [-0.3, -0.25) is 0 Å². The molecule has 1 aromatic rings. The van der Waals surface area contributed by atoms with Gasteiger partial charge in [0.2, 0.25) is 0 Å². The Kier molecular flexibility index (Phi) is 3.14. The lowest BCUT2D eigenvalue weighted by atomic mass is 10.2. The van der Waals surface area contributed by atoms with Crippen LogP contribution in [0.3, 0.4) is 0 Å². The molecule has 1 fully saturated rings. The van der Waals surface area contributed by atoms with Crippen LogP contribution in [0.25, 0.3) is 0 Å². The molecule has 88 valence electrons. The van der Waals surface area contributed by atoms with Gasteiger partial charge in [-0.05, 0) is 6.42 Å². The fourth-order valence-corrected chi connectivity index (χ4v) is 1.72. The van der Waals surface area contributed by atoms with E-state index >= 15 is 0 Å². The molecule has 4 nitrogen and oxygen atoms in total. The number of ether oxygens (including phenoxy) is 2. The number of anilines is 2. The second kappa shape index (κ2) is 4.57. The molecule has 0 bridgehead atoms. The average molecular weight is 226 g/mol. The van der Waals surface area contributed by atoms with Crippen LogP contribution in [0, 0.1) is 5.82 Å². The highest BCUT2D eigenvalue weighted by atomic mass is 19.1. The smallest absolute Gasteiger partial charge is 0.148 e. The van der Waals surface area contributed by atoms with Crippen LogP contribution in [0.5, 0.6) is 5.75 Å². The zero-order chi connectivity index (χ0) is 11.5. The topological polar surface area (TPSA) is 56.5 Å². The Morgan fingerprint density at radius 3 is 3.00 bits per heavy atom. The molecule has 1 unspecified atom stereocenters. The fourth-order valence-electron chi connectivity index (χ4n) is 1.72. The minimum Gasteiger partial charge on any atom is -0.495 e. The molecule has 1 aliphatic heterocycles. The van der Waals surface area contributed by atoms with Crippen LogP contribution in [0.2, 0.25) is 0 Å². The number of hydrogen-bond donors (Lipinski definition) is 2. The molecule has 1 atom stereocenters. The lowest BCUT2D eigenvalue weighted by molar-refractivity contribution is 0.195. The molecular weight excluding hydrogens is 211 g/mol. The van der Waals surface area contributed by atoms with Gasteiger partial charge in [-0.2, -0.15) is 0 Å². The number of nitrogens with one attached hydrogen (secondary N) is 1. The van der Waals surface area contributed by atoms with E-state index in [1.54, 1.807) is 6.07 Å². The van der Waals surface area contributed by atoms with Gasteiger partial charge in [0, 0.05) is 18.7 Å². The highest BCUT2D eigenvalue weighted by Gasteiger charge is 2.17. The summed E-state index contributed by atoms with van der Waals surface area (Å²) in [4.78, 5) is 0. The molecule has 0 amide bonds. The first-order chi connectivity index (χ1) is 7.70. The van der Waals surface area contributed by atoms with Gasteiger partial charge in [0.15, 0.2) is 0 Å². The Labute approximate surface area is 93.5 Å². The van der Waals surface area contributed by atoms with Gasteiger partial charge < -0.3 is 20.5 Å². The summed E-state index contributed by atoms with van der Waals surface area (Å²) < 4.78 is 23.8. The number of methoxy groups -OCH3 is 1. The largest absolute Gasteiger partial charge is 0.495 e. The van der Waals surface area contributed by atoms with E-state index in [2.05, 4.69) is 5.32 Å². The number of nitrogens with two attached hydrogens (primary N) is 1. The Morgan fingerprint density at radius 1 is 1.56 bits per heavy atom. The second-order valence-corrected chi connectivity index (χ2v) is 3.78. The van der Waals surface area contributed by atoms with Crippen molar-refractivity contribution in [1.82, 2.24) is 0 Å². The molecule has 1 aromatic carbocycles. The number of halogens is 1. The summed E-state index contributed by atoms with van der Waals surface area (Å²) in [7, 11) is 1.51. The van der Waals surface area contributed by atoms with E-state index in [1.807, 2.05) is 0 Å². The van der Waals surface area contributed by atoms with Crippen molar-refractivity contribution in [1.29, 1.82) is 0 Å². The highest BCUT2D eigenvalue weighted by Crippen LogP contribution is 2.29. The standard InChI is InChI=1S/C11H15FN2O2/c1-15-11-5-10(8(12)4-9(11)13)14-7-2-3-16-6-7/h4-5,7,14H,2-3,6,13H2,1H3. The predicted molar refractivity (Wildman–Crippen MR) is 60.2 cm³/mol. The molecule has 0 aromatic heterocycles. The molecular formula is C11H15FN2O2. The Bertz CT molecular complexity index is 378. The van der Waals surface area contributed by atoms with Gasteiger partial charge in [0.25, 0.3) is 0 Å². The summed E-state index contributed by atoms with van der Waals surface area (Å²) in [6.07, 6.45) is 0.881. The van der Waals surface area contributed by atoms with Gasteiger partial charge >= 0.3 is 0 Å². The summed E-state index contributed by atoms with van der Waals surface area (Å²) in [6.45, 7) is 1.32.